The van der Waals surface area contributed by atoms with Crippen molar-refractivity contribution in [3.63, 3.8) is 0 Å². The number of amides is 1. The number of para-hydroxylation sites is 1. The second-order valence-corrected chi connectivity index (χ2v) is 6.18. The van der Waals surface area contributed by atoms with E-state index in [2.05, 4.69) is 5.32 Å². The van der Waals surface area contributed by atoms with Crippen LogP contribution < -0.4 is 10.1 Å². The lowest BCUT2D eigenvalue weighted by atomic mass is 9.90. The van der Waals surface area contributed by atoms with Crippen molar-refractivity contribution in [1.82, 2.24) is 5.32 Å². The number of carboxylic acids is 1. The Labute approximate surface area is 146 Å². The number of aromatic carboxylic acids is 1. The molecule has 3 rings (SSSR count). The van der Waals surface area contributed by atoms with Gasteiger partial charge in [-0.25, -0.2) is 4.79 Å². The lowest BCUT2D eigenvalue weighted by Crippen LogP contribution is -2.28. The van der Waals surface area contributed by atoms with E-state index in [9.17, 15) is 9.59 Å². The highest BCUT2D eigenvalue weighted by Gasteiger charge is 2.23. The Hall–Kier alpha value is -2.82. The van der Waals surface area contributed by atoms with E-state index >= 15 is 0 Å². The highest BCUT2D eigenvalue weighted by Crippen LogP contribution is 2.35. The minimum atomic E-state index is -0.934. The average Bonchev–Trinajstić information content (AvgIpc) is 2.62. The molecule has 0 saturated carbocycles. The number of carboxylic acid groups (broad SMARTS) is 1. The summed E-state index contributed by atoms with van der Waals surface area (Å²) in [6.07, 6.45) is 1.98. The smallest absolute Gasteiger partial charge is 0.335 e. The molecule has 2 aromatic carbocycles. The highest BCUT2D eigenvalue weighted by molar-refractivity contribution is 5.87. The first-order valence-corrected chi connectivity index (χ1v) is 8.44. The maximum absolute atomic E-state index is 12.2. The lowest BCUT2D eigenvalue weighted by Gasteiger charge is -2.25. The monoisotopic (exact) mass is 339 g/mol. The fourth-order valence-electron chi connectivity index (χ4n) is 3.08. The summed E-state index contributed by atoms with van der Waals surface area (Å²) in [6.45, 7) is 1.18. The van der Waals surface area contributed by atoms with Gasteiger partial charge in [0.25, 0.3) is 0 Å². The molecule has 1 atom stereocenters. The average molecular weight is 339 g/mol. The molecule has 0 aliphatic carbocycles. The standard InChI is InChI=1S/C20H21NO4/c22-19(13-16-10-12-25-18-4-2-1-3-17(16)18)21-11-9-14-5-7-15(8-6-14)20(23)24/h1-8,16H,9-13H2,(H,21,22)(H,23,24). The number of fused-ring (bicyclic) bond motifs is 1. The van der Waals surface area contributed by atoms with Gasteiger partial charge in [0.1, 0.15) is 5.75 Å². The fourth-order valence-corrected chi connectivity index (χ4v) is 3.08. The summed E-state index contributed by atoms with van der Waals surface area (Å²) < 4.78 is 5.63. The number of hydrogen-bond donors (Lipinski definition) is 2. The summed E-state index contributed by atoms with van der Waals surface area (Å²) in [5.41, 5.74) is 2.38. The van der Waals surface area contributed by atoms with E-state index in [-0.39, 0.29) is 17.4 Å². The second kappa shape index (κ2) is 7.83. The van der Waals surface area contributed by atoms with Crippen LogP contribution in [-0.4, -0.2) is 30.1 Å². The van der Waals surface area contributed by atoms with E-state index in [0.29, 0.717) is 26.0 Å². The third kappa shape index (κ3) is 4.38. The molecule has 0 aromatic heterocycles. The minimum Gasteiger partial charge on any atom is -0.493 e. The van der Waals surface area contributed by atoms with E-state index in [1.165, 1.54) is 0 Å². The van der Waals surface area contributed by atoms with Crippen LogP contribution in [-0.2, 0) is 11.2 Å². The zero-order chi connectivity index (χ0) is 17.6. The third-order valence-electron chi connectivity index (χ3n) is 4.45. The largest absolute Gasteiger partial charge is 0.493 e. The van der Waals surface area contributed by atoms with Gasteiger partial charge in [0, 0.05) is 13.0 Å². The van der Waals surface area contributed by atoms with Gasteiger partial charge in [-0.15, -0.1) is 0 Å². The van der Waals surface area contributed by atoms with Crippen molar-refractivity contribution in [2.24, 2.45) is 0 Å². The molecule has 1 aliphatic rings. The van der Waals surface area contributed by atoms with Crippen LogP contribution in [0.25, 0.3) is 0 Å². The quantitative estimate of drug-likeness (QED) is 0.848. The van der Waals surface area contributed by atoms with Gasteiger partial charge in [-0.05, 0) is 48.1 Å². The Kier molecular flexibility index (Phi) is 5.33. The van der Waals surface area contributed by atoms with Crippen molar-refractivity contribution >= 4 is 11.9 Å². The van der Waals surface area contributed by atoms with Crippen LogP contribution in [0.2, 0.25) is 0 Å². The van der Waals surface area contributed by atoms with Gasteiger partial charge in [-0.3, -0.25) is 4.79 Å². The van der Waals surface area contributed by atoms with Gasteiger partial charge in [0.2, 0.25) is 5.91 Å². The lowest BCUT2D eigenvalue weighted by molar-refractivity contribution is -0.121. The van der Waals surface area contributed by atoms with Gasteiger partial charge in [0.05, 0.1) is 12.2 Å². The molecule has 1 aliphatic heterocycles. The number of carbonyl (C=O) groups is 2. The van der Waals surface area contributed by atoms with Crippen molar-refractivity contribution in [1.29, 1.82) is 0 Å². The van der Waals surface area contributed by atoms with E-state index < -0.39 is 5.97 Å². The first-order chi connectivity index (χ1) is 12.1. The molecular formula is C20H21NO4. The van der Waals surface area contributed by atoms with Gasteiger partial charge < -0.3 is 15.2 Å². The molecule has 0 bridgehead atoms. The van der Waals surface area contributed by atoms with Crippen LogP contribution >= 0.6 is 0 Å². The molecule has 5 nitrogen and oxygen atoms in total. The fraction of sp³-hybridized carbons (Fsp3) is 0.300. The zero-order valence-electron chi connectivity index (χ0n) is 13.9. The van der Waals surface area contributed by atoms with Gasteiger partial charge in [0.15, 0.2) is 0 Å². The molecule has 1 unspecified atom stereocenters. The number of ether oxygens (including phenoxy) is 1. The number of carbonyl (C=O) groups excluding carboxylic acids is 1. The number of hydrogen-bond acceptors (Lipinski definition) is 3. The Morgan fingerprint density at radius 1 is 1.12 bits per heavy atom. The summed E-state index contributed by atoms with van der Waals surface area (Å²) in [7, 11) is 0. The second-order valence-electron chi connectivity index (χ2n) is 6.18. The van der Waals surface area contributed by atoms with Gasteiger partial charge in [-0.2, -0.15) is 0 Å². The first-order valence-electron chi connectivity index (χ1n) is 8.44. The molecule has 25 heavy (non-hydrogen) atoms. The van der Waals surface area contributed by atoms with Crippen LogP contribution in [0.3, 0.4) is 0 Å². The molecular weight excluding hydrogens is 318 g/mol. The predicted octanol–water partition coefficient (Wildman–Crippen LogP) is 3.00. The molecule has 1 amide bonds. The predicted molar refractivity (Wildman–Crippen MR) is 94.0 cm³/mol. The minimum absolute atomic E-state index is 0.0314. The number of rotatable bonds is 6. The summed E-state index contributed by atoms with van der Waals surface area (Å²) in [5.74, 6) is 0.172. The molecule has 130 valence electrons. The molecule has 5 heteroatoms. The van der Waals surface area contributed by atoms with Crippen LogP contribution in [0, 0.1) is 0 Å². The van der Waals surface area contributed by atoms with Crippen molar-refractivity contribution < 1.29 is 19.4 Å². The SMILES string of the molecule is O=C(CC1CCOc2ccccc21)NCCc1ccc(C(=O)O)cc1. The summed E-state index contributed by atoms with van der Waals surface area (Å²) in [4.78, 5) is 23.1. The van der Waals surface area contributed by atoms with E-state index in [1.54, 1.807) is 24.3 Å². The highest BCUT2D eigenvalue weighted by atomic mass is 16.5. The van der Waals surface area contributed by atoms with Crippen molar-refractivity contribution in [2.75, 3.05) is 13.2 Å². The first kappa shape index (κ1) is 17.0. The van der Waals surface area contributed by atoms with E-state index in [4.69, 9.17) is 9.84 Å². The molecule has 1 heterocycles. The van der Waals surface area contributed by atoms with Crippen LogP contribution in [0.5, 0.6) is 5.75 Å². The topological polar surface area (TPSA) is 75.6 Å². The van der Waals surface area contributed by atoms with Crippen LogP contribution in [0.4, 0.5) is 0 Å². The Balaban J connectivity index is 1.48. The Morgan fingerprint density at radius 2 is 1.88 bits per heavy atom. The zero-order valence-corrected chi connectivity index (χ0v) is 13.9. The van der Waals surface area contributed by atoms with E-state index in [1.807, 2.05) is 24.3 Å². The number of benzene rings is 2. The summed E-state index contributed by atoms with van der Waals surface area (Å²) in [6, 6.07) is 14.6. The molecule has 0 saturated heterocycles. The molecule has 2 aromatic rings. The van der Waals surface area contributed by atoms with Crippen molar-refractivity contribution in [2.45, 2.75) is 25.2 Å². The maximum atomic E-state index is 12.2. The van der Waals surface area contributed by atoms with Crippen molar-refractivity contribution in [3.05, 3.63) is 65.2 Å². The number of nitrogens with one attached hydrogen (secondary N) is 1. The summed E-state index contributed by atoms with van der Waals surface area (Å²) >= 11 is 0. The molecule has 0 spiro atoms. The normalized spacial score (nSPS) is 15.8. The van der Waals surface area contributed by atoms with Crippen LogP contribution in [0.1, 0.15) is 40.2 Å². The van der Waals surface area contributed by atoms with Gasteiger partial charge >= 0.3 is 5.97 Å². The van der Waals surface area contributed by atoms with Gasteiger partial charge in [-0.1, -0.05) is 30.3 Å². The Bertz CT molecular complexity index is 755. The molecule has 0 radical (unpaired) electrons. The maximum Gasteiger partial charge on any atom is 0.335 e. The molecule has 0 fully saturated rings. The summed E-state index contributed by atoms with van der Waals surface area (Å²) in [5, 5.41) is 11.8. The third-order valence-corrected chi connectivity index (χ3v) is 4.45. The van der Waals surface area contributed by atoms with Crippen LogP contribution in [0.15, 0.2) is 48.5 Å². The molecule has 2 N–H and O–H groups in total. The van der Waals surface area contributed by atoms with E-state index in [0.717, 1.165) is 23.3 Å². The van der Waals surface area contributed by atoms with Crippen molar-refractivity contribution in [3.8, 4) is 5.75 Å². The Morgan fingerprint density at radius 3 is 2.64 bits per heavy atom.